The zero-order valence-corrected chi connectivity index (χ0v) is 16.6. The molecule has 1 heterocycles. The summed E-state index contributed by atoms with van der Waals surface area (Å²) in [5.41, 5.74) is 4.09. The number of esters is 1. The van der Waals surface area contributed by atoms with Gasteiger partial charge < -0.3 is 10.1 Å². The normalized spacial score (nSPS) is 12.3. The number of para-hydroxylation sites is 1. The van der Waals surface area contributed by atoms with E-state index in [0.717, 1.165) is 36.2 Å². The van der Waals surface area contributed by atoms with Crippen LogP contribution >= 0.6 is 0 Å². The molecule has 0 spiro atoms. The van der Waals surface area contributed by atoms with Crippen LogP contribution in [-0.4, -0.2) is 34.0 Å². The molecular weight excluding hydrogens is 382 g/mol. The molecule has 7 nitrogen and oxygen atoms in total. The van der Waals surface area contributed by atoms with Gasteiger partial charge in [-0.1, -0.05) is 18.2 Å². The van der Waals surface area contributed by atoms with Gasteiger partial charge >= 0.3 is 5.97 Å². The summed E-state index contributed by atoms with van der Waals surface area (Å²) >= 11 is 0. The van der Waals surface area contributed by atoms with Gasteiger partial charge in [0.25, 0.3) is 0 Å². The van der Waals surface area contributed by atoms with Gasteiger partial charge in [-0.25, -0.2) is 9.48 Å². The average molecular weight is 403 g/mol. The van der Waals surface area contributed by atoms with Crippen molar-refractivity contribution in [2.75, 3.05) is 11.9 Å². The van der Waals surface area contributed by atoms with Crippen molar-refractivity contribution in [3.05, 3.63) is 77.1 Å². The van der Waals surface area contributed by atoms with Gasteiger partial charge in [-0.15, -0.1) is 0 Å². The molecule has 30 heavy (non-hydrogen) atoms. The fourth-order valence-corrected chi connectivity index (χ4v) is 3.61. The lowest BCUT2D eigenvalue weighted by Crippen LogP contribution is -2.16. The minimum Gasteiger partial charge on any atom is -0.453 e. The molecule has 0 unspecified atom stereocenters. The Morgan fingerprint density at radius 2 is 1.77 bits per heavy atom. The first kappa shape index (κ1) is 19.6. The maximum Gasteiger partial charge on any atom is 0.359 e. The topological polar surface area (TPSA) is 90.3 Å². The highest BCUT2D eigenvalue weighted by atomic mass is 16.5. The number of rotatable bonds is 6. The first-order chi connectivity index (χ1) is 14.5. The molecule has 1 aliphatic rings. The minimum atomic E-state index is -0.592. The highest BCUT2D eigenvalue weighted by molar-refractivity contribution is 6.00. The summed E-state index contributed by atoms with van der Waals surface area (Å²) in [6.45, 7) is 1.04. The van der Waals surface area contributed by atoms with Crippen LogP contribution in [0, 0.1) is 0 Å². The van der Waals surface area contributed by atoms with Crippen molar-refractivity contribution >= 4 is 23.3 Å². The molecule has 0 fully saturated rings. The molecule has 1 aliphatic carbocycles. The number of aromatic nitrogens is 2. The van der Waals surface area contributed by atoms with Gasteiger partial charge in [0.1, 0.15) is 0 Å². The Kier molecular flexibility index (Phi) is 5.43. The van der Waals surface area contributed by atoms with Gasteiger partial charge in [0.05, 0.1) is 5.69 Å². The first-order valence-electron chi connectivity index (χ1n) is 9.77. The second-order valence-electron chi connectivity index (χ2n) is 7.13. The number of Topliss-reactive ketones (excluding diaryl/α,β-unsaturated/α-hetero) is 1. The molecule has 0 bridgehead atoms. The number of carbonyl (C=O) groups excluding carboxylic acids is 3. The van der Waals surface area contributed by atoms with Crippen molar-refractivity contribution in [3.8, 4) is 5.69 Å². The van der Waals surface area contributed by atoms with Gasteiger partial charge in [0, 0.05) is 29.4 Å². The van der Waals surface area contributed by atoms with E-state index in [0.29, 0.717) is 11.3 Å². The van der Waals surface area contributed by atoms with Crippen LogP contribution < -0.4 is 5.32 Å². The largest absolute Gasteiger partial charge is 0.453 e. The summed E-state index contributed by atoms with van der Waals surface area (Å²) in [6.07, 6.45) is 2.58. The van der Waals surface area contributed by atoms with E-state index >= 15 is 0 Å². The zero-order valence-electron chi connectivity index (χ0n) is 16.6. The van der Waals surface area contributed by atoms with Crippen LogP contribution in [0.2, 0.25) is 0 Å². The Labute approximate surface area is 173 Å². The summed E-state index contributed by atoms with van der Waals surface area (Å²) in [7, 11) is 0. The smallest absolute Gasteiger partial charge is 0.359 e. The molecular formula is C23H21N3O4. The number of amides is 1. The zero-order chi connectivity index (χ0) is 21.1. The number of ether oxygens (including phenoxy) is 1. The Balaban J connectivity index is 1.46. The highest BCUT2D eigenvalue weighted by Crippen LogP contribution is 2.28. The minimum absolute atomic E-state index is 0.189. The van der Waals surface area contributed by atoms with Crippen LogP contribution in [0.15, 0.2) is 54.6 Å². The molecule has 0 radical (unpaired) electrons. The van der Waals surface area contributed by atoms with Gasteiger partial charge in [-0.05, 0) is 55.7 Å². The van der Waals surface area contributed by atoms with Gasteiger partial charge in [-0.3, -0.25) is 9.59 Å². The van der Waals surface area contributed by atoms with Gasteiger partial charge in [-0.2, -0.15) is 5.10 Å². The molecule has 3 aromatic rings. The first-order valence-corrected chi connectivity index (χ1v) is 9.77. The third kappa shape index (κ3) is 4.00. The van der Waals surface area contributed by atoms with Crippen LogP contribution in [0.1, 0.15) is 45.4 Å². The molecule has 0 saturated carbocycles. The van der Waals surface area contributed by atoms with E-state index in [9.17, 15) is 14.4 Å². The summed E-state index contributed by atoms with van der Waals surface area (Å²) in [5, 5.41) is 7.12. The van der Waals surface area contributed by atoms with Crippen molar-refractivity contribution in [3.63, 3.8) is 0 Å². The molecule has 2 aromatic carbocycles. The molecule has 1 amide bonds. The van der Waals surface area contributed by atoms with Gasteiger partial charge in [0.2, 0.25) is 5.91 Å². The van der Waals surface area contributed by atoms with Crippen molar-refractivity contribution in [2.24, 2.45) is 0 Å². The lowest BCUT2D eigenvalue weighted by Gasteiger charge is -2.06. The number of ketones is 1. The maximum absolute atomic E-state index is 12.7. The van der Waals surface area contributed by atoms with E-state index in [-0.39, 0.29) is 24.0 Å². The van der Waals surface area contributed by atoms with Crippen molar-refractivity contribution in [2.45, 2.75) is 26.2 Å². The Morgan fingerprint density at radius 3 is 2.47 bits per heavy atom. The van der Waals surface area contributed by atoms with Crippen LogP contribution in [0.3, 0.4) is 0 Å². The molecule has 0 aliphatic heterocycles. The van der Waals surface area contributed by atoms with Crippen molar-refractivity contribution in [1.82, 2.24) is 9.78 Å². The number of hydrogen-bond acceptors (Lipinski definition) is 5. The second kappa shape index (κ2) is 8.32. The summed E-state index contributed by atoms with van der Waals surface area (Å²) < 4.78 is 7.07. The van der Waals surface area contributed by atoms with Crippen LogP contribution in [0.5, 0.6) is 0 Å². The Morgan fingerprint density at radius 1 is 1.03 bits per heavy atom. The summed E-state index contributed by atoms with van der Waals surface area (Å²) in [4.78, 5) is 36.1. The number of anilines is 1. The van der Waals surface area contributed by atoms with E-state index in [4.69, 9.17) is 4.74 Å². The maximum atomic E-state index is 12.7. The number of benzene rings is 2. The number of hydrogen-bond donors (Lipinski definition) is 1. The third-order valence-electron chi connectivity index (χ3n) is 4.99. The quantitative estimate of drug-likeness (QED) is 0.503. The molecule has 1 N–H and O–H groups in total. The lowest BCUT2D eigenvalue weighted by atomic mass is 10.1. The fourth-order valence-electron chi connectivity index (χ4n) is 3.61. The third-order valence-corrected chi connectivity index (χ3v) is 4.99. The fraction of sp³-hybridized carbons (Fsp3) is 0.217. The van der Waals surface area contributed by atoms with E-state index in [1.165, 1.54) is 6.92 Å². The molecule has 4 rings (SSSR count). The van der Waals surface area contributed by atoms with Crippen molar-refractivity contribution < 1.29 is 19.1 Å². The Hall–Kier alpha value is -3.74. The van der Waals surface area contributed by atoms with Crippen LogP contribution in [0.4, 0.5) is 5.69 Å². The molecule has 0 saturated heterocycles. The molecule has 1 aromatic heterocycles. The van der Waals surface area contributed by atoms with E-state index in [2.05, 4.69) is 10.4 Å². The summed E-state index contributed by atoms with van der Waals surface area (Å²) in [5.74, 6) is -1.10. The monoisotopic (exact) mass is 403 g/mol. The molecule has 7 heteroatoms. The number of fused-ring (bicyclic) bond motifs is 1. The van der Waals surface area contributed by atoms with Crippen LogP contribution in [-0.2, 0) is 22.4 Å². The van der Waals surface area contributed by atoms with Crippen LogP contribution in [0.25, 0.3) is 5.69 Å². The van der Waals surface area contributed by atoms with Gasteiger partial charge in [0.15, 0.2) is 18.1 Å². The molecule has 0 atom stereocenters. The summed E-state index contributed by atoms with van der Waals surface area (Å²) in [6, 6.07) is 16.1. The molecule has 152 valence electrons. The number of nitrogens with one attached hydrogen (secondary N) is 1. The lowest BCUT2D eigenvalue weighted by molar-refractivity contribution is -0.114. The van der Waals surface area contributed by atoms with E-state index in [1.807, 2.05) is 30.3 Å². The Bertz CT molecular complexity index is 1100. The van der Waals surface area contributed by atoms with E-state index in [1.54, 1.807) is 28.9 Å². The predicted molar refractivity (Wildman–Crippen MR) is 111 cm³/mol. The van der Waals surface area contributed by atoms with Crippen molar-refractivity contribution in [1.29, 1.82) is 0 Å². The van der Waals surface area contributed by atoms with E-state index < -0.39 is 5.97 Å². The average Bonchev–Trinajstić information content (AvgIpc) is 3.35. The predicted octanol–water partition coefficient (Wildman–Crippen LogP) is 3.36. The number of carbonyl (C=O) groups is 3. The number of nitrogens with zero attached hydrogens (tertiary/aromatic N) is 2. The second-order valence-corrected chi connectivity index (χ2v) is 7.13. The SMILES string of the molecule is CC(=O)Nc1ccc(C(=O)COC(=O)c2nn(-c3ccccc3)c3c2CCC3)cc1. The highest BCUT2D eigenvalue weighted by Gasteiger charge is 2.28. The standard InChI is InChI=1S/C23H21N3O4/c1-15(27)24-17-12-10-16(11-13-17)21(28)14-30-23(29)22-19-8-5-9-20(19)26(25-22)18-6-3-2-4-7-18/h2-4,6-7,10-13H,5,8-9,14H2,1H3,(H,24,27).